The van der Waals surface area contributed by atoms with Crippen molar-refractivity contribution in [3.8, 4) is 0 Å². The van der Waals surface area contributed by atoms with Crippen LogP contribution in [0.2, 0.25) is 0 Å². The number of halogens is 2. The zero-order valence-corrected chi connectivity index (χ0v) is 11.3. The van der Waals surface area contributed by atoms with Gasteiger partial charge in [0.15, 0.2) is 0 Å². The van der Waals surface area contributed by atoms with Crippen molar-refractivity contribution in [3.63, 3.8) is 0 Å². The summed E-state index contributed by atoms with van der Waals surface area (Å²) in [5, 5.41) is 0. The van der Waals surface area contributed by atoms with Crippen molar-refractivity contribution in [2.24, 2.45) is 0 Å². The predicted molar refractivity (Wildman–Crippen MR) is 69.8 cm³/mol. The smallest absolute Gasteiger partial charge is 0.128 e. The van der Waals surface area contributed by atoms with Gasteiger partial charge in [0.25, 0.3) is 0 Å². The van der Waals surface area contributed by atoms with E-state index in [2.05, 4.69) is 22.9 Å². The van der Waals surface area contributed by atoms with Gasteiger partial charge in [-0.25, -0.2) is 4.39 Å². The first-order chi connectivity index (χ1) is 7.24. The monoisotopic (exact) mass is 290 g/mol. The van der Waals surface area contributed by atoms with Gasteiger partial charge in [0.2, 0.25) is 0 Å². The standard InChI is InChI=1S/C12H16BrFS/c1-2-3-4-7-15-9-10-5-6-11(13)8-12(10)14/h5-6,8H,2-4,7,9H2,1H3. The van der Waals surface area contributed by atoms with Gasteiger partial charge in [-0.15, -0.1) is 0 Å². The van der Waals surface area contributed by atoms with Crippen LogP contribution in [0.4, 0.5) is 4.39 Å². The summed E-state index contributed by atoms with van der Waals surface area (Å²) in [4.78, 5) is 0. The molecule has 1 rings (SSSR count). The quantitative estimate of drug-likeness (QED) is 0.664. The predicted octanol–water partition coefficient (Wildman–Crippen LogP) is 5.01. The highest BCUT2D eigenvalue weighted by Gasteiger charge is 2.02. The second-order valence-electron chi connectivity index (χ2n) is 3.50. The van der Waals surface area contributed by atoms with E-state index in [1.54, 1.807) is 0 Å². The third kappa shape index (κ3) is 5.03. The average Bonchev–Trinajstić information content (AvgIpc) is 2.20. The molecular weight excluding hydrogens is 275 g/mol. The summed E-state index contributed by atoms with van der Waals surface area (Å²) in [5.74, 6) is 1.80. The first-order valence-corrected chi connectivity index (χ1v) is 7.20. The fourth-order valence-electron chi connectivity index (χ4n) is 1.27. The minimum Gasteiger partial charge on any atom is -0.207 e. The average molecular weight is 291 g/mol. The molecule has 0 N–H and O–H groups in total. The molecule has 0 heterocycles. The lowest BCUT2D eigenvalue weighted by atomic mass is 10.2. The molecule has 0 bridgehead atoms. The molecule has 0 aliphatic rings. The Morgan fingerprint density at radius 3 is 2.80 bits per heavy atom. The molecule has 0 saturated heterocycles. The van der Waals surface area contributed by atoms with Crippen molar-refractivity contribution < 1.29 is 4.39 Å². The van der Waals surface area contributed by atoms with Crippen molar-refractivity contribution in [3.05, 3.63) is 34.1 Å². The van der Waals surface area contributed by atoms with Crippen LogP contribution in [0.1, 0.15) is 31.7 Å². The zero-order chi connectivity index (χ0) is 11.1. The van der Waals surface area contributed by atoms with E-state index < -0.39 is 0 Å². The van der Waals surface area contributed by atoms with E-state index in [9.17, 15) is 4.39 Å². The molecule has 0 unspecified atom stereocenters. The summed E-state index contributed by atoms with van der Waals surface area (Å²) in [7, 11) is 0. The molecule has 0 aromatic heterocycles. The highest BCUT2D eigenvalue weighted by molar-refractivity contribution is 9.10. The van der Waals surface area contributed by atoms with Gasteiger partial charge in [0.05, 0.1) is 0 Å². The van der Waals surface area contributed by atoms with Gasteiger partial charge >= 0.3 is 0 Å². The molecule has 0 radical (unpaired) electrons. The second kappa shape index (κ2) is 7.29. The van der Waals surface area contributed by atoms with Crippen molar-refractivity contribution in [2.45, 2.75) is 31.9 Å². The van der Waals surface area contributed by atoms with E-state index in [0.717, 1.165) is 21.5 Å². The van der Waals surface area contributed by atoms with Gasteiger partial charge in [0.1, 0.15) is 5.82 Å². The third-order valence-electron chi connectivity index (χ3n) is 2.16. The van der Waals surface area contributed by atoms with Crippen LogP contribution in [-0.2, 0) is 5.75 Å². The van der Waals surface area contributed by atoms with Crippen molar-refractivity contribution in [2.75, 3.05) is 5.75 Å². The molecular formula is C12H16BrFS. The van der Waals surface area contributed by atoms with E-state index in [1.165, 1.54) is 25.3 Å². The van der Waals surface area contributed by atoms with E-state index in [-0.39, 0.29) is 5.82 Å². The number of hydrogen-bond acceptors (Lipinski definition) is 1. The van der Waals surface area contributed by atoms with Crippen LogP contribution < -0.4 is 0 Å². The Hall–Kier alpha value is -0.0200. The molecule has 1 aromatic carbocycles. The molecule has 1 aromatic rings. The van der Waals surface area contributed by atoms with E-state index in [4.69, 9.17) is 0 Å². The molecule has 3 heteroatoms. The minimum atomic E-state index is -0.104. The lowest BCUT2D eigenvalue weighted by Crippen LogP contribution is -1.89. The first-order valence-electron chi connectivity index (χ1n) is 5.25. The van der Waals surface area contributed by atoms with Crippen molar-refractivity contribution in [1.29, 1.82) is 0 Å². The molecule has 0 spiro atoms. The van der Waals surface area contributed by atoms with Crippen LogP contribution in [0, 0.1) is 5.82 Å². The largest absolute Gasteiger partial charge is 0.207 e. The third-order valence-corrected chi connectivity index (χ3v) is 3.75. The molecule has 0 saturated carbocycles. The Kier molecular flexibility index (Phi) is 6.34. The minimum absolute atomic E-state index is 0.104. The van der Waals surface area contributed by atoms with Gasteiger partial charge in [-0.3, -0.25) is 0 Å². The number of benzene rings is 1. The van der Waals surface area contributed by atoms with E-state index in [0.29, 0.717) is 0 Å². The molecule has 0 atom stereocenters. The Balaban J connectivity index is 2.31. The van der Waals surface area contributed by atoms with Gasteiger partial charge in [0, 0.05) is 10.2 Å². The van der Waals surface area contributed by atoms with Crippen LogP contribution in [0.3, 0.4) is 0 Å². The number of unbranched alkanes of at least 4 members (excludes halogenated alkanes) is 2. The molecule has 84 valence electrons. The summed E-state index contributed by atoms with van der Waals surface area (Å²) >= 11 is 5.06. The van der Waals surface area contributed by atoms with Gasteiger partial charge in [-0.2, -0.15) is 11.8 Å². The molecule has 0 nitrogen and oxygen atoms in total. The number of hydrogen-bond donors (Lipinski definition) is 0. The SMILES string of the molecule is CCCCCSCc1ccc(Br)cc1F. The van der Waals surface area contributed by atoms with E-state index in [1.807, 2.05) is 23.9 Å². The maximum atomic E-state index is 13.4. The van der Waals surface area contributed by atoms with Crippen LogP contribution in [0.25, 0.3) is 0 Å². The summed E-state index contributed by atoms with van der Waals surface area (Å²) < 4.78 is 14.2. The van der Waals surface area contributed by atoms with E-state index >= 15 is 0 Å². The zero-order valence-electron chi connectivity index (χ0n) is 8.93. The topological polar surface area (TPSA) is 0 Å². The Labute approximate surface area is 104 Å². The molecule has 15 heavy (non-hydrogen) atoms. The molecule has 0 fully saturated rings. The van der Waals surface area contributed by atoms with Gasteiger partial charge in [-0.1, -0.05) is 41.8 Å². The maximum Gasteiger partial charge on any atom is 0.128 e. The Morgan fingerprint density at radius 2 is 2.13 bits per heavy atom. The van der Waals surface area contributed by atoms with Crippen LogP contribution >= 0.6 is 27.7 Å². The lowest BCUT2D eigenvalue weighted by Gasteiger charge is -2.03. The number of rotatable bonds is 6. The molecule has 0 aliphatic carbocycles. The number of thioether (sulfide) groups is 1. The highest BCUT2D eigenvalue weighted by atomic mass is 79.9. The van der Waals surface area contributed by atoms with Crippen LogP contribution in [0.5, 0.6) is 0 Å². The first kappa shape index (κ1) is 13.0. The normalized spacial score (nSPS) is 10.6. The van der Waals surface area contributed by atoms with Crippen LogP contribution in [0.15, 0.2) is 22.7 Å². The maximum absolute atomic E-state index is 13.4. The Bertz CT molecular complexity index is 302. The van der Waals surface area contributed by atoms with Gasteiger partial charge < -0.3 is 0 Å². The summed E-state index contributed by atoms with van der Waals surface area (Å²) in [6.07, 6.45) is 3.75. The summed E-state index contributed by atoms with van der Waals surface area (Å²) in [5.41, 5.74) is 0.805. The molecule has 0 aliphatic heterocycles. The second-order valence-corrected chi connectivity index (χ2v) is 5.52. The lowest BCUT2D eigenvalue weighted by molar-refractivity contribution is 0.616. The summed E-state index contributed by atoms with van der Waals surface area (Å²) in [6, 6.07) is 5.28. The van der Waals surface area contributed by atoms with Crippen molar-refractivity contribution >= 4 is 27.7 Å². The fraction of sp³-hybridized carbons (Fsp3) is 0.500. The Morgan fingerprint density at radius 1 is 1.33 bits per heavy atom. The van der Waals surface area contributed by atoms with Gasteiger partial charge in [-0.05, 0) is 29.9 Å². The molecule has 0 amide bonds. The van der Waals surface area contributed by atoms with Crippen molar-refractivity contribution in [1.82, 2.24) is 0 Å². The fourth-order valence-corrected chi connectivity index (χ4v) is 2.61. The summed E-state index contributed by atoms with van der Waals surface area (Å²) in [6.45, 7) is 2.19. The van der Waals surface area contributed by atoms with Crippen LogP contribution in [-0.4, -0.2) is 5.75 Å². The highest BCUT2D eigenvalue weighted by Crippen LogP contribution is 2.20.